The van der Waals surface area contributed by atoms with Gasteiger partial charge in [-0.1, -0.05) is 65.0 Å². The van der Waals surface area contributed by atoms with Crippen molar-refractivity contribution in [2.45, 2.75) is 96.9 Å². The number of fused-ring (bicyclic) bond motifs is 4. The second kappa shape index (κ2) is 17.5. The summed E-state index contributed by atoms with van der Waals surface area (Å²) >= 11 is 0. The molecule has 62 heavy (non-hydrogen) atoms. The van der Waals surface area contributed by atoms with Gasteiger partial charge in [-0.2, -0.15) is 0 Å². The first-order valence-electron chi connectivity index (χ1n) is 21.7. The highest BCUT2D eigenvalue weighted by atomic mass is 16.6. The first-order valence-corrected chi connectivity index (χ1v) is 21.7. The van der Waals surface area contributed by atoms with E-state index >= 15 is 0 Å². The number of H-pyrrole nitrogens is 2. The third-order valence-corrected chi connectivity index (χ3v) is 12.6. The van der Waals surface area contributed by atoms with E-state index in [1.807, 2.05) is 44.9 Å². The third kappa shape index (κ3) is 7.95. The van der Waals surface area contributed by atoms with Crippen molar-refractivity contribution >= 4 is 34.8 Å². The number of imidazole rings is 2. The minimum Gasteiger partial charge on any atom is -0.457 e. The van der Waals surface area contributed by atoms with Crippen LogP contribution in [0.25, 0.3) is 33.3 Å². The Morgan fingerprint density at radius 3 is 2.03 bits per heavy atom. The van der Waals surface area contributed by atoms with E-state index in [4.69, 9.17) is 24.2 Å². The van der Waals surface area contributed by atoms with Crippen molar-refractivity contribution in [3.63, 3.8) is 0 Å². The highest BCUT2D eigenvalue weighted by molar-refractivity contribution is 5.93. The predicted octanol–water partition coefficient (Wildman–Crippen LogP) is 8.36. The molecular formula is C47H56N8O7. The van der Waals surface area contributed by atoms with Gasteiger partial charge >= 0.3 is 12.2 Å². The van der Waals surface area contributed by atoms with Gasteiger partial charge in [-0.15, -0.1) is 0 Å². The van der Waals surface area contributed by atoms with Gasteiger partial charge < -0.3 is 44.6 Å². The van der Waals surface area contributed by atoms with Gasteiger partial charge in [0.15, 0.2) is 6.10 Å². The highest BCUT2D eigenvalue weighted by Crippen LogP contribution is 2.50. The summed E-state index contributed by atoms with van der Waals surface area (Å²) in [5.41, 5.74) is 5.84. The van der Waals surface area contributed by atoms with E-state index in [2.05, 4.69) is 70.0 Å². The Hall–Kier alpha value is -6.38. The molecule has 4 amide bonds. The van der Waals surface area contributed by atoms with Gasteiger partial charge in [-0.25, -0.2) is 19.6 Å². The molecule has 326 valence electrons. The zero-order valence-electron chi connectivity index (χ0n) is 36.4. The largest absolute Gasteiger partial charge is 0.457 e. The van der Waals surface area contributed by atoms with E-state index in [9.17, 15) is 19.2 Å². The molecule has 15 heteroatoms. The zero-order chi connectivity index (χ0) is 43.8. The van der Waals surface area contributed by atoms with Gasteiger partial charge in [0.05, 0.1) is 43.0 Å². The standard InChI is InChI=1S/C47H56N8O7/c1-8-30-32-17-14-29(34-24-50-43(52-34)36-12-10-20-55(36)45(57)41(26(4)5)62-46(58)48-6)22-38(32)61-37-18-15-27-21-28(13-16-31(27)39(30)37)33-23-49-42(51-33)35-11-9-19-54(35)44(56)40(25(2)3)53-47(59)60-7/h13-18,21-26,30,35-36,40-41H,8-12,19-20H2,1-7H3,(H,48,58)(H,49,51)(H,50,52)(H,53,59)/t30?,35?,36-,40?,41-/m0/s1. The average molecular weight is 845 g/mol. The molecule has 0 aliphatic carbocycles. The minimum absolute atomic E-state index is 0.103. The number of ether oxygens (including phenoxy) is 3. The normalized spacial score (nSPS) is 19.2. The summed E-state index contributed by atoms with van der Waals surface area (Å²) in [6.45, 7) is 10.9. The Bertz CT molecular complexity index is 2490. The molecule has 5 heterocycles. The smallest absolute Gasteiger partial charge is 0.407 e. The summed E-state index contributed by atoms with van der Waals surface area (Å²) in [7, 11) is 2.77. The third-order valence-electron chi connectivity index (χ3n) is 12.6. The molecule has 0 spiro atoms. The molecule has 2 fully saturated rings. The van der Waals surface area contributed by atoms with E-state index in [1.165, 1.54) is 14.2 Å². The van der Waals surface area contributed by atoms with Crippen LogP contribution in [-0.4, -0.2) is 93.1 Å². The number of nitrogens with one attached hydrogen (secondary N) is 4. The fourth-order valence-electron chi connectivity index (χ4n) is 9.35. The number of amides is 4. The van der Waals surface area contributed by atoms with Crippen molar-refractivity contribution in [3.05, 3.63) is 83.7 Å². The molecule has 8 rings (SSSR count). The Balaban J connectivity index is 1.00. The molecule has 5 atom stereocenters. The molecule has 3 unspecified atom stereocenters. The summed E-state index contributed by atoms with van der Waals surface area (Å²) in [6.07, 6.45) is 5.54. The number of carbonyl (C=O) groups excluding carboxylic acids is 4. The van der Waals surface area contributed by atoms with Crippen LogP contribution in [0.15, 0.2) is 60.9 Å². The quantitative estimate of drug-likeness (QED) is 0.101. The molecule has 0 radical (unpaired) electrons. The van der Waals surface area contributed by atoms with Gasteiger partial charge in [0.25, 0.3) is 5.91 Å². The minimum atomic E-state index is -0.891. The number of alkyl carbamates (subject to hydrolysis) is 2. The predicted molar refractivity (Wildman–Crippen MR) is 233 cm³/mol. The number of rotatable bonds is 11. The topological polar surface area (TPSA) is 184 Å². The van der Waals surface area contributed by atoms with Crippen LogP contribution >= 0.6 is 0 Å². The molecule has 3 aromatic carbocycles. The molecule has 3 aliphatic heterocycles. The van der Waals surface area contributed by atoms with Gasteiger partial charge in [0.1, 0.15) is 29.2 Å². The number of hydrogen-bond donors (Lipinski definition) is 4. The first-order chi connectivity index (χ1) is 29.9. The number of benzene rings is 3. The summed E-state index contributed by atoms with van der Waals surface area (Å²) in [5.74, 6) is 2.47. The summed E-state index contributed by atoms with van der Waals surface area (Å²) in [6, 6.07) is 15.7. The molecule has 2 aromatic heterocycles. The maximum atomic E-state index is 13.7. The zero-order valence-corrected chi connectivity index (χ0v) is 36.4. The Kier molecular flexibility index (Phi) is 12.0. The van der Waals surface area contributed by atoms with E-state index in [1.54, 1.807) is 11.1 Å². The van der Waals surface area contributed by atoms with Crippen LogP contribution in [0.3, 0.4) is 0 Å². The maximum absolute atomic E-state index is 13.7. The van der Waals surface area contributed by atoms with Crippen molar-refractivity contribution in [1.29, 1.82) is 0 Å². The molecule has 3 aliphatic rings. The fourth-order valence-corrected chi connectivity index (χ4v) is 9.35. The second-order valence-corrected chi connectivity index (χ2v) is 17.1. The molecule has 15 nitrogen and oxygen atoms in total. The van der Waals surface area contributed by atoms with Crippen LogP contribution in [0.4, 0.5) is 9.59 Å². The monoisotopic (exact) mass is 844 g/mol. The lowest BCUT2D eigenvalue weighted by Crippen LogP contribution is -2.51. The number of methoxy groups -OCH3 is 1. The van der Waals surface area contributed by atoms with Gasteiger partial charge in [-0.3, -0.25) is 9.59 Å². The van der Waals surface area contributed by atoms with Gasteiger partial charge in [-0.05, 0) is 72.9 Å². The van der Waals surface area contributed by atoms with Gasteiger partial charge in [0, 0.05) is 48.3 Å². The number of likely N-dealkylation sites (tertiary alicyclic amines) is 2. The number of hydrogen-bond acceptors (Lipinski definition) is 9. The first kappa shape index (κ1) is 42.3. The molecule has 2 saturated heterocycles. The Morgan fingerprint density at radius 1 is 0.806 bits per heavy atom. The maximum Gasteiger partial charge on any atom is 0.407 e. The van der Waals surface area contributed by atoms with Gasteiger partial charge in [0.2, 0.25) is 5.91 Å². The van der Waals surface area contributed by atoms with E-state index < -0.39 is 24.3 Å². The van der Waals surface area contributed by atoms with E-state index in [-0.39, 0.29) is 41.7 Å². The lowest BCUT2D eigenvalue weighted by atomic mass is 9.82. The number of carbonyl (C=O) groups is 4. The average Bonchev–Trinajstić information content (AvgIpc) is 4.12. The molecule has 0 bridgehead atoms. The van der Waals surface area contributed by atoms with E-state index in [0.717, 1.165) is 93.8 Å². The Morgan fingerprint density at radius 2 is 1.44 bits per heavy atom. The van der Waals surface area contributed by atoms with E-state index in [0.29, 0.717) is 18.9 Å². The molecule has 4 N–H and O–H groups in total. The van der Waals surface area contributed by atoms with Crippen molar-refractivity contribution in [2.24, 2.45) is 11.8 Å². The van der Waals surface area contributed by atoms with Crippen molar-refractivity contribution in [3.8, 4) is 34.0 Å². The molecular weight excluding hydrogens is 789 g/mol. The lowest BCUT2D eigenvalue weighted by molar-refractivity contribution is -0.143. The summed E-state index contributed by atoms with van der Waals surface area (Å²) in [5, 5.41) is 7.36. The summed E-state index contributed by atoms with van der Waals surface area (Å²) in [4.78, 5) is 71.5. The number of nitrogens with zero attached hydrogens (tertiary/aromatic N) is 4. The van der Waals surface area contributed by atoms with Crippen LogP contribution in [0.2, 0.25) is 0 Å². The Labute approximate surface area is 361 Å². The van der Waals surface area contributed by atoms with Crippen molar-refractivity contribution in [1.82, 2.24) is 40.4 Å². The van der Waals surface area contributed by atoms with Crippen LogP contribution in [-0.2, 0) is 19.1 Å². The van der Waals surface area contributed by atoms with Crippen LogP contribution in [0, 0.1) is 11.8 Å². The van der Waals surface area contributed by atoms with Crippen LogP contribution in [0.1, 0.15) is 108 Å². The van der Waals surface area contributed by atoms with Crippen LogP contribution in [0.5, 0.6) is 11.5 Å². The van der Waals surface area contributed by atoms with Crippen molar-refractivity contribution < 1.29 is 33.4 Å². The van der Waals surface area contributed by atoms with Crippen LogP contribution < -0.4 is 15.4 Å². The molecule has 5 aromatic rings. The number of aromatic nitrogens is 4. The molecule has 0 saturated carbocycles. The fraction of sp³-hybridized carbons (Fsp3) is 0.447. The number of aromatic amines is 2. The lowest BCUT2D eigenvalue weighted by Gasteiger charge is -2.30. The second-order valence-electron chi connectivity index (χ2n) is 17.1. The highest BCUT2D eigenvalue weighted by Gasteiger charge is 2.40. The van der Waals surface area contributed by atoms with Crippen molar-refractivity contribution in [2.75, 3.05) is 27.2 Å². The summed E-state index contributed by atoms with van der Waals surface area (Å²) < 4.78 is 16.9. The SMILES string of the molecule is CCC1c2ccc(-c3cnc([C@@H]4CCCN4C(=O)[C@@H](OC(=O)NC)C(C)C)[nH]3)cc2Oc2ccc3cc(-c4cnc(C5CCCN5C(=O)C(NC(=O)OC)C(C)C)[nH]4)ccc3c21.